The molecule has 3 aromatic rings. The van der Waals surface area contributed by atoms with Crippen LogP contribution in [0.3, 0.4) is 0 Å². The summed E-state index contributed by atoms with van der Waals surface area (Å²) >= 11 is 5.88. The zero-order valence-electron chi connectivity index (χ0n) is 14.8. The standard InChI is InChI=1S/C21H18ClNO4S/c22-19-10-12-20(13-11-19)28(26,27)23(14-16-4-2-1-3-5-16)15-17-6-8-18(9-7-17)21(24)25/h1-13H,14-15H2,(H,24,25)/p-1. The molecule has 0 N–H and O–H groups in total. The second-order valence-electron chi connectivity index (χ2n) is 6.20. The average molecular weight is 415 g/mol. The maximum absolute atomic E-state index is 13.2. The number of nitrogens with zero attached hydrogens (tertiary/aromatic N) is 1. The van der Waals surface area contributed by atoms with Gasteiger partial charge in [0.2, 0.25) is 10.0 Å². The van der Waals surface area contributed by atoms with E-state index in [-0.39, 0.29) is 23.5 Å². The first-order valence-electron chi connectivity index (χ1n) is 8.46. The van der Waals surface area contributed by atoms with Crippen LogP contribution in [-0.4, -0.2) is 18.7 Å². The highest BCUT2D eigenvalue weighted by Crippen LogP contribution is 2.23. The molecule has 0 unspecified atom stereocenters. The number of carboxylic acid groups (broad SMARTS) is 1. The van der Waals surface area contributed by atoms with Gasteiger partial charge in [0.1, 0.15) is 0 Å². The van der Waals surface area contributed by atoms with E-state index in [2.05, 4.69) is 0 Å². The molecule has 5 nitrogen and oxygen atoms in total. The van der Waals surface area contributed by atoms with Crippen LogP contribution in [0.1, 0.15) is 21.5 Å². The Morgan fingerprint density at radius 3 is 1.89 bits per heavy atom. The van der Waals surface area contributed by atoms with Crippen molar-refractivity contribution in [3.05, 3.63) is 101 Å². The number of carboxylic acids is 1. The lowest BCUT2D eigenvalue weighted by Gasteiger charge is -2.23. The number of halogens is 1. The normalized spacial score (nSPS) is 11.5. The highest BCUT2D eigenvalue weighted by molar-refractivity contribution is 7.89. The second kappa shape index (κ2) is 8.56. The van der Waals surface area contributed by atoms with Crippen LogP contribution >= 0.6 is 11.6 Å². The fourth-order valence-corrected chi connectivity index (χ4v) is 4.26. The van der Waals surface area contributed by atoms with Gasteiger partial charge in [0.25, 0.3) is 0 Å². The summed E-state index contributed by atoms with van der Waals surface area (Å²) in [7, 11) is -3.79. The summed E-state index contributed by atoms with van der Waals surface area (Å²) < 4.78 is 27.8. The monoisotopic (exact) mass is 414 g/mol. The molecule has 0 aliphatic heterocycles. The number of hydrogen-bond donors (Lipinski definition) is 0. The maximum atomic E-state index is 13.2. The van der Waals surface area contributed by atoms with Gasteiger partial charge in [-0.15, -0.1) is 0 Å². The Labute approximate surface area is 168 Å². The zero-order chi connectivity index (χ0) is 20.1. The first kappa shape index (κ1) is 20.1. The van der Waals surface area contributed by atoms with Crippen molar-refractivity contribution in [3.8, 4) is 0 Å². The lowest BCUT2D eigenvalue weighted by molar-refractivity contribution is -0.255. The van der Waals surface area contributed by atoms with Gasteiger partial charge in [-0.05, 0) is 41.0 Å². The highest BCUT2D eigenvalue weighted by atomic mass is 35.5. The highest BCUT2D eigenvalue weighted by Gasteiger charge is 2.25. The first-order valence-corrected chi connectivity index (χ1v) is 10.3. The Morgan fingerprint density at radius 1 is 0.821 bits per heavy atom. The Bertz CT molecular complexity index is 1050. The van der Waals surface area contributed by atoms with E-state index < -0.39 is 16.0 Å². The number of rotatable bonds is 7. The second-order valence-corrected chi connectivity index (χ2v) is 8.57. The predicted octanol–water partition coefficient (Wildman–Crippen LogP) is 3.09. The summed E-state index contributed by atoms with van der Waals surface area (Å²) in [6.07, 6.45) is 0. The van der Waals surface area contributed by atoms with Gasteiger partial charge in [0.05, 0.1) is 10.9 Å². The SMILES string of the molecule is O=C([O-])c1ccc(CN(Cc2ccccc2)S(=O)(=O)c2ccc(Cl)cc2)cc1. The third kappa shape index (κ3) is 4.78. The van der Waals surface area contributed by atoms with Gasteiger partial charge in [-0.1, -0.05) is 66.2 Å². The fraction of sp³-hybridized carbons (Fsp3) is 0.0952. The van der Waals surface area contributed by atoms with Gasteiger partial charge in [-0.3, -0.25) is 0 Å². The lowest BCUT2D eigenvalue weighted by Crippen LogP contribution is -2.30. The van der Waals surface area contributed by atoms with Crippen molar-refractivity contribution >= 4 is 27.6 Å². The molecule has 144 valence electrons. The Balaban J connectivity index is 1.94. The zero-order valence-corrected chi connectivity index (χ0v) is 16.4. The predicted molar refractivity (Wildman–Crippen MR) is 105 cm³/mol. The molecule has 0 atom stereocenters. The van der Waals surface area contributed by atoms with Gasteiger partial charge in [-0.25, -0.2) is 8.42 Å². The largest absolute Gasteiger partial charge is 0.545 e. The van der Waals surface area contributed by atoms with Gasteiger partial charge >= 0.3 is 0 Å². The third-order valence-electron chi connectivity index (χ3n) is 4.20. The van der Waals surface area contributed by atoms with Gasteiger partial charge in [-0.2, -0.15) is 4.31 Å². The Morgan fingerprint density at radius 2 is 1.36 bits per heavy atom. The van der Waals surface area contributed by atoms with E-state index in [1.165, 1.54) is 40.7 Å². The van der Waals surface area contributed by atoms with E-state index in [1.807, 2.05) is 30.3 Å². The minimum atomic E-state index is -3.79. The van der Waals surface area contributed by atoms with Crippen LogP contribution in [0.25, 0.3) is 0 Å². The minimum absolute atomic E-state index is 0.0407. The van der Waals surface area contributed by atoms with Crippen LogP contribution < -0.4 is 5.11 Å². The Kier molecular flexibility index (Phi) is 6.14. The van der Waals surface area contributed by atoms with Crippen molar-refractivity contribution in [2.45, 2.75) is 18.0 Å². The van der Waals surface area contributed by atoms with Gasteiger partial charge < -0.3 is 9.90 Å². The molecule has 0 saturated carbocycles. The smallest absolute Gasteiger partial charge is 0.243 e. The molecule has 0 amide bonds. The van der Waals surface area contributed by atoms with Crippen molar-refractivity contribution in [1.82, 2.24) is 4.31 Å². The molecular weight excluding hydrogens is 398 g/mol. The molecular formula is C21H17ClNO4S-. The molecule has 0 spiro atoms. The molecule has 0 saturated heterocycles. The molecule has 28 heavy (non-hydrogen) atoms. The van der Waals surface area contributed by atoms with Crippen LogP contribution in [0.4, 0.5) is 0 Å². The molecule has 0 aliphatic carbocycles. The van der Waals surface area contributed by atoms with Crippen molar-refractivity contribution < 1.29 is 18.3 Å². The molecule has 0 heterocycles. The number of hydrogen-bond acceptors (Lipinski definition) is 4. The molecule has 0 bridgehead atoms. The summed E-state index contributed by atoms with van der Waals surface area (Å²) in [4.78, 5) is 11.1. The number of aromatic carboxylic acids is 1. The quantitative estimate of drug-likeness (QED) is 0.595. The maximum Gasteiger partial charge on any atom is 0.243 e. The van der Waals surface area contributed by atoms with Gasteiger partial charge in [0.15, 0.2) is 0 Å². The summed E-state index contributed by atoms with van der Waals surface area (Å²) in [6, 6.07) is 21.2. The molecule has 0 aromatic heterocycles. The van der Waals surface area contributed by atoms with E-state index in [9.17, 15) is 18.3 Å². The van der Waals surface area contributed by atoms with E-state index in [1.54, 1.807) is 12.1 Å². The van der Waals surface area contributed by atoms with E-state index in [0.717, 1.165) is 5.56 Å². The lowest BCUT2D eigenvalue weighted by atomic mass is 10.1. The van der Waals surface area contributed by atoms with Crippen LogP contribution in [0.2, 0.25) is 5.02 Å². The van der Waals surface area contributed by atoms with Crippen LogP contribution in [0.15, 0.2) is 83.8 Å². The summed E-state index contributed by atoms with van der Waals surface area (Å²) in [5.41, 5.74) is 1.55. The number of sulfonamides is 1. The van der Waals surface area contributed by atoms with Crippen molar-refractivity contribution in [3.63, 3.8) is 0 Å². The molecule has 0 aliphatic rings. The molecule has 7 heteroatoms. The van der Waals surface area contributed by atoms with Crippen LogP contribution in [0.5, 0.6) is 0 Å². The Hall–Kier alpha value is -2.67. The van der Waals surface area contributed by atoms with E-state index in [0.29, 0.717) is 10.6 Å². The first-order chi connectivity index (χ1) is 13.4. The van der Waals surface area contributed by atoms with Crippen molar-refractivity contribution in [2.24, 2.45) is 0 Å². The summed E-state index contributed by atoms with van der Waals surface area (Å²) in [5, 5.41) is 11.4. The molecule has 0 fully saturated rings. The molecule has 3 rings (SSSR count). The van der Waals surface area contributed by atoms with Crippen molar-refractivity contribution in [2.75, 3.05) is 0 Å². The summed E-state index contributed by atoms with van der Waals surface area (Å²) in [5.74, 6) is -1.28. The third-order valence-corrected chi connectivity index (χ3v) is 6.26. The topological polar surface area (TPSA) is 77.5 Å². The number of carbonyl (C=O) groups is 1. The molecule has 3 aromatic carbocycles. The fourth-order valence-electron chi connectivity index (χ4n) is 2.72. The summed E-state index contributed by atoms with van der Waals surface area (Å²) in [6.45, 7) is 0.265. The van der Waals surface area contributed by atoms with Crippen LogP contribution in [-0.2, 0) is 23.1 Å². The van der Waals surface area contributed by atoms with Gasteiger partial charge in [0, 0.05) is 18.1 Å². The average Bonchev–Trinajstić information content (AvgIpc) is 2.69. The molecule has 0 radical (unpaired) electrons. The number of benzene rings is 3. The number of carbonyl (C=O) groups excluding carboxylic acids is 1. The minimum Gasteiger partial charge on any atom is -0.545 e. The van der Waals surface area contributed by atoms with Crippen molar-refractivity contribution in [1.29, 1.82) is 0 Å². The van der Waals surface area contributed by atoms with E-state index >= 15 is 0 Å². The van der Waals surface area contributed by atoms with E-state index in [4.69, 9.17) is 11.6 Å². The van der Waals surface area contributed by atoms with Crippen LogP contribution in [0, 0.1) is 0 Å².